The fourth-order valence-corrected chi connectivity index (χ4v) is 5.50. The summed E-state index contributed by atoms with van der Waals surface area (Å²) < 4.78 is 5.43. The van der Waals surface area contributed by atoms with E-state index in [2.05, 4.69) is 15.1 Å². The van der Waals surface area contributed by atoms with E-state index in [0.29, 0.717) is 11.3 Å². The molecule has 4 aliphatic rings. The molecule has 24 heavy (non-hydrogen) atoms. The summed E-state index contributed by atoms with van der Waals surface area (Å²) in [5, 5.41) is 4.45. The first kappa shape index (κ1) is 15.1. The van der Waals surface area contributed by atoms with E-state index >= 15 is 0 Å². The van der Waals surface area contributed by atoms with Crippen LogP contribution in [-0.2, 0) is 22.4 Å². The summed E-state index contributed by atoms with van der Waals surface area (Å²) in [4.78, 5) is 23.4. The maximum atomic E-state index is 12.8. The number of hydrogen-bond acceptors (Lipinski definition) is 6. The number of nitrogens with zero attached hydrogens (tertiary/aromatic N) is 3. The standard InChI is InChI=1S/C17H24N4O2S/c22-15(21-10-17(11-21)8-18-9-17)12-1-2-14-13(7-12)19-16(24-14)20-3-5-23-6-4-20/h12,18H,1-11H2. The van der Waals surface area contributed by atoms with Crippen molar-refractivity contribution in [2.75, 3.05) is 57.4 Å². The first-order valence-corrected chi connectivity index (χ1v) is 9.85. The molecule has 0 saturated carbocycles. The van der Waals surface area contributed by atoms with Crippen LogP contribution in [0.4, 0.5) is 5.13 Å². The van der Waals surface area contributed by atoms with Gasteiger partial charge >= 0.3 is 0 Å². The Kier molecular flexibility index (Phi) is 3.57. The number of carbonyl (C=O) groups is 1. The molecular weight excluding hydrogens is 324 g/mol. The van der Waals surface area contributed by atoms with Crippen LogP contribution in [0.15, 0.2) is 0 Å². The van der Waals surface area contributed by atoms with Gasteiger partial charge in [-0.15, -0.1) is 11.3 Å². The van der Waals surface area contributed by atoms with Crippen LogP contribution in [0.5, 0.6) is 0 Å². The molecule has 0 aromatic carbocycles. The Morgan fingerprint density at radius 1 is 1.29 bits per heavy atom. The normalized spacial score (nSPS) is 28.2. The van der Waals surface area contributed by atoms with E-state index in [9.17, 15) is 4.79 Å². The van der Waals surface area contributed by atoms with Gasteiger partial charge in [-0.1, -0.05) is 0 Å². The van der Waals surface area contributed by atoms with Crippen molar-refractivity contribution in [2.45, 2.75) is 19.3 Å². The number of fused-ring (bicyclic) bond motifs is 1. The van der Waals surface area contributed by atoms with E-state index in [1.165, 1.54) is 10.6 Å². The molecule has 0 radical (unpaired) electrons. The molecule has 1 amide bonds. The number of aryl methyl sites for hydroxylation is 1. The van der Waals surface area contributed by atoms with E-state index in [1.54, 1.807) is 0 Å². The molecule has 3 aliphatic heterocycles. The van der Waals surface area contributed by atoms with Gasteiger partial charge in [-0.05, 0) is 12.8 Å². The van der Waals surface area contributed by atoms with Crippen molar-refractivity contribution >= 4 is 22.4 Å². The highest BCUT2D eigenvalue weighted by molar-refractivity contribution is 7.15. The molecule has 4 heterocycles. The van der Waals surface area contributed by atoms with Gasteiger partial charge in [0.05, 0.1) is 18.9 Å². The Balaban J connectivity index is 1.24. The summed E-state index contributed by atoms with van der Waals surface area (Å²) in [6, 6.07) is 0. The number of hydrogen-bond donors (Lipinski definition) is 1. The first-order valence-electron chi connectivity index (χ1n) is 9.03. The number of morpholine rings is 1. The van der Waals surface area contributed by atoms with E-state index < -0.39 is 0 Å². The SMILES string of the molecule is O=C(C1CCc2sc(N3CCOCC3)nc2C1)N1CC2(CNC2)C1. The topological polar surface area (TPSA) is 57.7 Å². The molecule has 7 heteroatoms. The molecule has 1 aromatic heterocycles. The highest BCUT2D eigenvalue weighted by Gasteiger charge is 2.50. The van der Waals surface area contributed by atoms with E-state index in [0.717, 1.165) is 76.9 Å². The number of nitrogens with one attached hydrogen (secondary N) is 1. The predicted octanol–water partition coefficient (Wildman–Crippen LogP) is 0.516. The molecule has 5 rings (SSSR count). The number of thiazole rings is 1. The molecule has 130 valence electrons. The van der Waals surface area contributed by atoms with Crippen LogP contribution in [0.25, 0.3) is 0 Å². The van der Waals surface area contributed by atoms with E-state index in [4.69, 9.17) is 9.72 Å². The van der Waals surface area contributed by atoms with Gasteiger partial charge in [-0.25, -0.2) is 4.98 Å². The van der Waals surface area contributed by atoms with Gasteiger partial charge in [-0.3, -0.25) is 4.79 Å². The number of rotatable bonds is 2. The minimum atomic E-state index is 0.141. The summed E-state index contributed by atoms with van der Waals surface area (Å²) in [5.74, 6) is 0.502. The van der Waals surface area contributed by atoms with Crippen LogP contribution in [0.1, 0.15) is 17.0 Å². The van der Waals surface area contributed by atoms with Crippen molar-refractivity contribution < 1.29 is 9.53 Å². The quantitative estimate of drug-likeness (QED) is 0.844. The Morgan fingerprint density at radius 2 is 2.08 bits per heavy atom. The Bertz CT molecular complexity index is 643. The van der Waals surface area contributed by atoms with Crippen molar-refractivity contribution in [2.24, 2.45) is 11.3 Å². The predicted molar refractivity (Wildman–Crippen MR) is 92.5 cm³/mol. The lowest BCUT2D eigenvalue weighted by Gasteiger charge is -2.56. The summed E-state index contributed by atoms with van der Waals surface area (Å²) in [7, 11) is 0. The van der Waals surface area contributed by atoms with Crippen LogP contribution in [0.2, 0.25) is 0 Å². The van der Waals surface area contributed by atoms with Crippen molar-refractivity contribution in [3.63, 3.8) is 0 Å². The van der Waals surface area contributed by atoms with Crippen LogP contribution >= 0.6 is 11.3 Å². The fraction of sp³-hybridized carbons (Fsp3) is 0.765. The first-order chi connectivity index (χ1) is 11.7. The lowest BCUT2D eigenvalue weighted by atomic mass is 9.73. The van der Waals surface area contributed by atoms with Gasteiger partial charge in [0.1, 0.15) is 0 Å². The second-order valence-corrected chi connectivity index (χ2v) is 8.77. The second kappa shape index (κ2) is 5.68. The largest absolute Gasteiger partial charge is 0.378 e. The second-order valence-electron chi connectivity index (χ2n) is 7.70. The molecule has 3 saturated heterocycles. The molecule has 1 aliphatic carbocycles. The number of aromatic nitrogens is 1. The number of likely N-dealkylation sites (tertiary alicyclic amines) is 1. The van der Waals surface area contributed by atoms with E-state index in [-0.39, 0.29) is 5.92 Å². The van der Waals surface area contributed by atoms with Gasteiger partial charge < -0.3 is 19.9 Å². The van der Waals surface area contributed by atoms with Gasteiger partial charge in [0.2, 0.25) is 5.91 Å². The molecule has 1 unspecified atom stereocenters. The fourth-order valence-electron chi connectivity index (χ4n) is 4.35. The van der Waals surface area contributed by atoms with Gasteiger partial charge in [0, 0.05) is 61.9 Å². The maximum Gasteiger partial charge on any atom is 0.226 e. The lowest BCUT2D eigenvalue weighted by Crippen LogP contribution is -2.72. The van der Waals surface area contributed by atoms with Crippen molar-refractivity contribution in [1.29, 1.82) is 0 Å². The molecule has 6 nitrogen and oxygen atoms in total. The summed E-state index contributed by atoms with van der Waals surface area (Å²) >= 11 is 1.82. The lowest BCUT2D eigenvalue weighted by molar-refractivity contribution is -0.151. The van der Waals surface area contributed by atoms with Crippen molar-refractivity contribution in [3.05, 3.63) is 10.6 Å². The highest BCUT2D eigenvalue weighted by atomic mass is 32.1. The summed E-state index contributed by atoms with van der Waals surface area (Å²) in [6.07, 6.45) is 2.82. The van der Waals surface area contributed by atoms with Gasteiger partial charge in [0.25, 0.3) is 0 Å². The molecule has 3 fully saturated rings. The Labute approximate surface area is 146 Å². The highest BCUT2D eigenvalue weighted by Crippen LogP contribution is 2.38. The molecule has 0 bridgehead atoms. The minimum absolute atomic E-state index is 0.141. The van der Waals surface area contributed by atoms with Gasteiger partial charge in [0.15, 0.2) is 5.13 Å². The zero-order valence-electron chi connectivity index (χ0n) is 13.9. The van der Waals surface area contributed by atoms with Crippen molar-refractivity contribution in [1.82, 2.24) is 15.2 Å². The monoisotopic (exact) mass is 348 g/mol. The van der Waals surface area contributed by atoms with Crippen LogP contribution in [-0.4, -0.2) is 68.3 Å². The molecule has 1 aromatic rings. The number of amides is 1. The minimum Gasteiger partial charge on any atom is -0.378 e. The number of carbonyl (C=O) groups excluding carboxylic acids is 1. The maximum absolute atomic E-state index is 12.8. The average molecular weight is 348 g/mol. The Hall–Kier alpha value is -1.18. The molecule has 1 atom stereocenters. The third kappa shape index (κ3) is 2.45. The number of anilines is 1. The van der Waals surface area contributed by atoms with Gasteiger partial charge in [-0.2, -0.15) is 0 Å². The third-order valence-electron chi connectivity index (χ3n) is 5.92. The van der Waals surface area contributed by atoms with Crippen molar-refractivity contribution in [3.8, 4) is 0 Å². The van der Waals surface area contributed by atoms with E-state index in [1.807, 2.05) is 11.3 Å². The molecular formula is C17H24N4O2S. The summed E-state index contributed by atoms with van der Waals surface area (Å²) in [6.45, 7) is 7.52. The number of ether oxygens (including phenoxy) is 1. The average Bonchev–Trinajstić information content (AvgIpc) is 2.96. The third-order valence-corrected chi connectivity index (χ3v) is 7.14. The molecule has 1 spiro atoms. The van der Waals surface area contributed by atoms with Crippen LogP contribution in [0, 0.1) is 11.3 Å². The zero-order valence-corrected chi connectivity index (χ0v) is 14.7. The van der Waals surface area contributed by atoms with Crippen LogP contribution in [0.3, 0.4) is 0 Å². The summed E-state index contributed by atoms with van der Waals surface area (Å²) in [5.41, 5.74) is 1.59. The van der Waals surface area contributed by atoms with Crippen LogP contribution < -0.4 is 10.2 Å². The smallest absolute Gasteiger partial charge is 0.226 e. The zero-order chi connectivity index (χ0) is 16.1. The molecule has 1 N–H and O–H groups in total. The Morgan fingerprint density at radius 3 is 2.79 bits per heavy atom.